The van der Waals surface area contributed by atoms with Crippen LogP contribution in [0.5, 0.6) is 0 Å². The minimum absolute atomic E-state index is 0.0361. The molecule has 0 bridgehead atoms. The minimum atomic E-state index is -4.72. The van der Waals surface area contributed by atoms with Crippen LogP contribution in [0.15, 0.2) is 48.6 Å². The molecule has 184 valence electrons. The molecular weight excluding hydrogens is 446 g/mol. The van der Waals surface area contributed by atoms with E-state index in [0.717, 1.165) is 25.7 Å². The van der Waals surface area contributed by atoms with Crippen LogP contribution in [0.3, 0.4) is 0 Å². The van der Waals surface area contributed by atoms with Crippen molar-refractivity contribution < 1.29 is 32.2 Å². The number of hydrogen-bond acceptors (Lipinski definition) is 6. The number of hydrogen-bond donors (Lipinski definition) is 1. The Balaban J connectivity index is 2.11. The van der Waals surface area contributed by atoms with E-state index in [9.17, 15) is 22.8 Å². The van der Waals surface area contributed by atoms with Gasteiger partial charge in [-0.25, -0.2) is 4.79 Å². The van der Waals surface area contributed by atoms with E-state index < -0.39 is 39.6 Å². The molecule has 1 fully saturated rings. The van der Waals surface area contributed by atoms with E-state index in [1.54, 1.807) is 0 Å². The summed E-state index contributed by atoms with van der Waals surface area (Å²) in [6, 6.07) is 0. The van der Waals surface area contributed by atoms with Crippen LogP contribution in [0.25, 0.3) is 0 Å². The van der Waals surface area contributed by atoms with Gasteiger partial charge in [-0.15, -0.1) is 5.06 Å². The Morgan fingerprint density at radius 3 is 1.94 bits per heavy atom. The normalized spacial score (nSPS) is 17.5. The van der Waals surface area contributed by atoms with Gasteiger partial charge < -0.3 is 4.84 Å². The third kappa shape index (κ3) is 12.3. The molecule has 0 saturated carbocycles. The highest BCUT2D eigenvalue weighted by Gasteiger charge is 2.48. The maximum absolute atomic E-state index is 11.8. The standard InChI is InChI=1S/C24H35NO7S/c1-2-3-4-5-6-7-8-9-10-11-12-13-14-15-16-17-18-19-23(27)32-25-22(26)20-21(24(25)28)33(29,30)31/h6-7,9-10,12-13,15-16,21H,2-5,8,11,14,17-20H2,1H3,(H,29,30,31). The van der Waals surface area contributed by atoms with Gasteiger partial charge in [0.1, 0.15) is 0 Å². The Morgan fingerprint density at radius 1 is 0.939 bits per heavy atom. The van der Waals surface area contributed by atoms with E-state index in [0.29, 0.717) is 12.8 Å². The van der Waals surface area contributed by atoms with Crippen molar-refractivity contribution in [2.75, 3.05) is 0 Å². The van der Waals surface area contributed by atoms with Crippen LogP contribution in [0.2, 0.25) is 0 Å². The summed E-state index contributed by atoms with van der Waals surface area (Å²) in [7, 11) is -4.72. The molecule has 1 saturated heterocycles. The first-order valence-corrected chi connectivity index (χ1v) is 12.9. The molecule has 33 heavy (non-hydrogen) atoms. The molecular formula is C24H35NO7S. The van der Waals surface area contributed by atoms with Crippen molar-refractivity contribution in [1.82, 2.24) is 5.06 Å². The lowest BCUT2D eigenvalue weighted by atomic mass is 10.2. The van der Waals surface area contributed by atoms with Crippen molar-refractivity contribution in [3.05, 3.63) is 48.6 Å². The minimum Gasteiger partial charge on any atom is -0.330 e. The van der Waals surface area contributed by atoms with Crippen molar-refractivity contribution in [2.24, 2.45) is 0 Å². The molecule has 1 heterocycles. The van der Waals surface area contributed by atoms with Crippen LogP contribution in [0.4, 0.5) is 0 Å². The van der Waals surface area contributed by atoms with Crippen LogP contribution in [-0.2, 0) is 29.3 Å². The fraction of sp³-hybridized carbons (Fsp3) is 0.542. The third-order valence-corrected chi connectivity index (χ3v) is 5.91. The summed E-state index contributed by atoms with van der Waals surface area (Å²) in [5.41, 5.74) is 0. The number of carbonyl (C=O) groups is 3. The number of nitrogens with zero attached hydrogens (tertiary/aromatic N) is 1. The first-order chi connectivity index (χ1) is 15.8. The monoisotopic (exact) mass is 481 g/mol. The fourth-order valence-corrected chi connectivity index (χ4v) is 3.69. The number of carbonyl (C=O) groups excluding carboxylic acids is 3. The maximum atomic E-state index is 11.8. The molecule has 1 rings (SSSR count). The van der Waals surface area contributed by atoms with Gasteiger partial charge >= 0.3 is 5.97 Å². The number of amides is 2. The van der Waals surface area contributed by atoms with Gasteiger partial charge in [-0.1, -0.05) is 68.4 Å². The van der Waals surface area contributed by atoms with Crippen LogP contribution in [0, 0.1) is 0 Å². The van der Waals surface area contributed by atoms with Crippen molar-refractivity contribution in [3.63, 3.8) is 0 Å². The molecule has 1 aliphatic rings. The molecule has 0 radical (unpaired) electrons. The molecule has 8 nitrogen and oxygen atoms in total. The van der Waals surface area contributed by atoms with E-state index in [1.807, 2.05) is 12.2 Å². The Morgan fingerprint density at radius 2 is 1.45 bits per heavy atom. The van der Waals surface area contributed by atoms with Crippen molar-refractivity contribution in [2.45, 2.75) is 82.8 Å². The van der Waals surface area contributed by atoms with E-state index in [4.69, 9.17) is 4.55 Å². The first-order valence-electron chi connectivity index (χ1n) is 11.4. The molecule has 0 spiro atoms. The van der Waals surface area contributed by atoms with Gasteiger partial charge in [-0.05, 0) is 44.9 Å². The number of imide groups is 1. The Hall–Kier alpha value is -2.52. The largest absolute Gasteiger partial charge is 0.333 e. The zero-order valence-electron chi connectivity index (χ0n) is 19.2. The summed E-state index contributed by atoms with van der Waals surface area (Å²) >= 11 is 0. The summed E-state index contributed by atoms with van der Waals surface area (Å²) in [5.74, 6) is -3.05. The van der Waals surface area contributed by atoms with Crippen molar-refractivity contribution >= 4 is 27.9 Å². The highest BCUT2D eigenvalue weighted by molar-refractivity contribution is 7.87. The van der Waals surface area contributed by atoms with Gasteiger partial charge in [-0.3, -0.25) is 14.1 Å². The first kappa shape index (κ1) is 28.5. The molecule has 1 aliphatic heterocycles. The maximum Gasteiger partial charge on any atom is 0.333 e. The highest BCUT2D eigenvalue weighted by atomic mass is 32.2. The predicted octanol–water partition coefficient (Wildman–Crippen LogP) is 4.61. The van der Waals surface area contributed by atoms with Gasteiger partial charge in [-0.2, -0.15) is 8.42 Å². The summed E-state index contributed by atoms with van der Waals surface area (Å²) in [6.45, 7) is 2.20. The van der Waals surface area contributed by atoms with E-state index in [-0.39, 0.29) is 11.5 Å². The van der Waals surface area contributed by atoms with Crippen LogP contribution >= 0.6 is 0 Å². The molecule has 0 aromatic heterocycles. The van der Waals surface area contributed by atoms with Gasteiger partial charge in [0.15, 0.2) is 5.25 Å². The Labute approximate surface area is 196 Å². The second-order valence-corrected chi connectivity index (χ2v) is 9.28. The average Bonchev–Trinajstić information content (AvgIpc) is 3.04. The average molecular weight is 482 g/mol. The van der Waals surface area contributed by atoms with Crippen LogP contribution in [-0.4, -0.2) is 41.1 Å². The van der Waals surface area contributed by atoms with Gasteiger partial charge in [0.2, 0.25) is 0 Å². The third-order valence-electron chi connectivity index (χ3n) is 4.82. The fourth-order valence-electron chi connectivity index (χ4n) is 2.98. The topological polar surface area (TPSA) is 118 Å². The molecule has 9 heteroatoms. The molecule has 0 aromatic rings. The lowest BCUT2D eigenvalue weighted by molar-refractivity contribution is -0.197. The number of rotatable bonds is 16. The molecule has 1 N–H and O–H groups in total. The number of unbranched alkanes of at least 4 members (excludes halogenated alkanes) is 4. The van der Waals surface area contributed by atoms with E-state index >= 15 is 0 Å². The summed E-state index contributed by atoms with van der Waals surface area (Å²) < 4.78 is 31.1. The predicted molar refractivity (Wildman–Crippen MR) is 126 cm³/mol. The zero-order valence-corrected chi connectivity index (χ0v) is 20.0. The second kappa shape index (κ2) is 16.1. The molecule has 1 unspecified atom stereocenters. The molecule has 1 atom stereocenters. The van der Waals surface area contributed by atoms with Gasteiger partial charge in [0.05, 0.1) is 6.42 Å². The quantitative estimate of drug-likeness (QED) is 0.148. The van der Waals surface area contributed by atoms with Crippen molar-refractivity contribution in [1.29, 1.82) is 0 Å². The highest BCUT2D eigenvalue weighted by Crippen LogP contribution is 2.20. The van der Waals surface area contributed by atoms with Crippen LogP contribution < -0.4 is 0 Å². The van der Waals surface area contributed by atoms with Gasteiger partial charge in [0.25, 0.3) is 21.9 Å². The lowest BCUT2D eigenvalue weighted by Gasteiger charge is -2.12. The summed E-state index contributed by atoms with van der Waals surface area (Å²) in [4.78, 5) is 39.9. The molecule has 2 amide bonds. The number of hydroxylamine groups is 2. The lowest BCUT2D eigenvalue weighted by Crippen LogP contribution is -2.36. The van der Waals surface area contributed by atoms with Gasteiger partial charge in [0, 0.05) is 6.42 Å². The van der Waals surface area contributed by atoms with Crippen LogP contribution in [0.1, 0.15) is 77.6 Å². The summed E-state index contributed by atoms with van der Waals surface area (Å²) in [6.07, 6.45) is 24.7. The smallest absolute Gasteiger partial charge is 0.330 e. The Kier molecular flexibility index (Phi) is 14.0. The zero-order chi connectivity index (χ0) is 24.5. The van der Waals surface area contributed by atoms with E-state index in [2.05, 4.69) is 48.2 Å². The Bertz CT molecular complexity index is 856. The van der Waals surface area contributed by atoms with E-state index in [1.165, 1.54) is 19.3 Å². The molecule has 0 aromatic carbocycles. The summed E-state index contributed by atoms with van der Waals surface area (Å²) in [5, 5.41) is -1.79. The van der Waals surface area contributed by atoms with Crippen molar-refractivity contribution in [3.8, 4) is 0 Å². The number of allylic oxidation sites excluding steroid dienone is 8. The second-order valence-electron chi connectivity index (χ2n) is 7.68. The SMILES string of the molecule is CCCCCC=CCC=CCC=CCC=CCCCC(=O)ON1C(=O)CC(S(=O)(=O)O)C1=O. The molecule has 0 aliphatic carbocycles.